The average molecular weight is 710 g/mol. The second kappa shape index (κ2) is 12.1. The number of piperazine rings is 1. The van der Waals surface area contributed by atoms with Crippen molar-refractivity contribution in [2.24, 2.45) is 0 Å². The summed E-state index contributed by atoms with van der Waals surface area (Å²) in [5, 5.41) is 15.2. The maximum absolute atomic E-state index is 17.5. The van der Waals surface area contributed by atoms with Crippen LogP contribution >= 0.6 is 0 Å². The molecule has 0 radical (unpaired) electrons. The van der Waals surface area contributed by atoms with E-state index in [-0.39, 0.29) is 82.7 Å². The number of aromatic hydroxyl groups is 1. The van der Waals surface area contributed by atoms with Gasteiger partial charge in [-0.3, -0.25) is 4.90 Å². The van der Waals surface area contributed by atoms with Crippen molar-refractivity contribution in [2.75, 3.05) is 51.3 Å². The summed E-state index contributed by atoms with van der Waals surface area (Å²) in [5.41, 5.74) is 0.632. The van der Waals surface area contributed by atoms with Gasteiger partial charge in [0.1, 0.15) is 46.7 Å². The highest BCUT2D eigenvalue weighted by atomic mass is 19.1. The Morgan fingerprint density at radius 1 is 1.10 bits per heavy atom. The number of hydrogen-bond donors (Lipinski definition) is 2. The molecule has 6 heterocycles. The Labute approximate surface area is 304 Å². The zero-order valence-electron chi connectivity index (χ0n) is 31.6. The highest BCUT2D eigenvalue weighted by molar-refractivity contribution is 6.04. The first kappa shape index (κ1) is 29.7. The highest BCUT2D eigenvalue weighted by Crippen LogP contribution is 2.46. The average Bonchev–Trinajstić information content (AvgIpc) is 3.74. The summed E-state index contributed by atoms with van der Waals surface area (Å²) in [6, 6.07) is 5.28. The van der Waals surface area contributed by atoms with Gasteiger partial charge < -0.3 is 29.5 Å². The molecule has 0 amide bonds. The minimum absolute atomic E-state index is 0.0367. The summed E-state index contributed by atoms with van der Waals surface area (Å²) < 4.78 is 74.0. The molecule has 2 atom stereocenters. The maximum Gasteiger partial charge on any atom is 0.319 e. The van der Waals surface area contributed by atoms with E-state index in [1.54, 1.807) is 0 Å². The summed E-state index contributed by atoms with van der Waals surface area (Å²) in [5.74, 6) is 1.02. The first-order chi connectivity index (χ1) is 26.2. The van der Waals surface area contributed by atoms with E-state index >= 15 is 8.78 Å². The van der Waals surface area contributed by atoms with E-state index in [9.17, 15) is 5.11 Å². The zero-order valence-corrected chi connectivity index (χ0v) is 28.6. The van der Waals surface area contributed by atoms with Crippen LogP contribution in [0.5, 0.6) is 17.6 Å². The van der Waals surface area contributed by atoms with Crippen LogP contribution in [0.4, 0.5) is 14.6 Å². The third-order valence-electron chi connectivity index (χ3n) is 11.2. The van der Waals surface area contributed by atoms with E-state index in [4.69, 9.17) is 39.7 Å². The predicted molar refractivity (Wildman–Crippen MR) is 194 cm³/mol. The van der Waals surface area contributed by atoms with E-state index in [0.717, 1.165) is 43.5 Å². The third-order valence-corrected chi connectivity index (χ3v) is 11.2. The van der Waals surface area contributed by atoms with Gasteiger partial charge in [-0.1, -0.05) is 36.3 Å². The van der Waals surface area contributed by atoms with Crippen molar-refractivity contribution < 1.29 is 32.2 Å². The normalized spacial score (nSPS) is 24.9. The number of hydrogen-bond acceptors (Lipinski definition) is 10. The van der Waals surface area contributed by atoms with Gasteiger partial charge >= 0.3 is 6.01 Å². The van der Waals surface area contributed by atoms with Gasteiger partial charge in [-0.25, -0.2) is 13.8 Å². The molecule has 2 N–H and O–H groups in total. The highest BCUT2D eigenvalue weighted by Gasteiger charge is 2.49. The summed E-state index contributed by atoms with van der Waals surface area (Å²) in [7, 11) is -2.59. The number of rotatable bonds is 9. The Hall–Kier alpha value is -4.83. The van der Waals surface area contributed by atoms with Crippen molar-refractivity contribution in [2.45, 2.75) is 61.7 Å². The number of anilines is 1. The Balaban J connectivity index is 1.23. The molecule has 2 aromatic heterocycles. The quantitative estimate of drug-likeness (QED) is 0.168. The second-order valence-electron chi connectivity index (χ2n) is 15.2. The van der Waals surface area contributed by atoms with Crippen molar-refractivity contribution in [3.05, 3.63) is 65.8 Å². The number of pyridine rings is 1. The number of nitrogens with zero attached hydrogens (tertiary/aromatic N) is 5. The van der Waals surface area contributed by atoms with E-state index in [1.807, 2.05) is 4.90 Å². The van der Waals surface area contributed by atoms with Gasteiger partial charge in [0.25, 0.3) is 0 Å². The molecule has 5 fully saturated rings. The Morgan fingerprint density at radius 3 is 2.65 bits per heavy atom. The molecule has 12 heteroatoms. The monoisotopic (exact) mass is 709 g/mol. The third kappa shape index (κ3) is 5.45. The molecule has 2 unspecified atom stereocenters. The fourth-order valence-electron chi connectivity index (χ4n) is 8.85. The molecule has 0 spiro atoms. The maximum atomic E-state index is 17.5. The Bertz CT molecular complexity index is 2330. The number of benzene rings is 2. The Kier molecular flexibility index (Phi) is 6.92. The van der Waals surface area contributed by atoms with E-state index in [0.29, 0.717) is 37.0 Å². The van der Waals surface area contributed by atoms with E-state index < -0.39 is 29.8 Å². The number of terminal acetylenes is 1. The van der Waals surface area contributed by atoms with Crippen LogP contribution in [0, 0.1) is 24.0 Å². The van der Waals surface area contributed by atoms with Crippen molar-refractivity contribution in [3.63, 3.8) is 0 Å². The van der Waals surface area contributed by atoms with Gasteiger partial charge in [0, 0.05) is 50.2 Å². The van der Waals surface area contributed by atoms with Crippen molar-refractivity contribution >= 4 is 27.5 Å². The number of fused-ring (bicyclic) bond motifs is 5. The lowest BCUT2D eigenvalue weighted by atomic mass is 9.92. The lowest BCUT2D eigenvalue weighted by molar-refractivity contribution is 0.107. The minimum atomic E-state index is -2.59. The standard InChI is InChI=1S/C40H40F2N6O4/c1-5-28-30(41)9-6-24-12-26(49)13-29(31(24)28)34-33(42)35-32(37(43-34)52-27-7-8-27)36(47-18-25-10-11-39(19-47,46-25)20-50-4)45-38(44-35)51-21-40-14-22(2)16-48(40)17-23(3)15-40/h1,6,9,12-13,25,27,46,49H,2-3,7-8,10-11,14-21H2,4H3/i4D3. The van der Waals surface area contributed by atoms with E-state index in [2.05, 4.69) is 29.3 Å². The molecular formula is C40H40F2N6O4. The topological polar surface area (TPSA) is 105 Å². The number of phenolic OH excluding ortho intramolecular Hbond substituents is 1. The van der Waals surface area contributed by atoms with Gasteiger partial charge in [-0.15, -0.1) is 6.42 Å². The largest absolute Gasteiger partial charge is 0.508 e. The minimum Gasteiger partial charge on any atom is -0.508 e. The van der Waals surface area contributed by atoms with E-state index in [1.165, 1.54) is 24.3 Å². The molecule has 4 aliphatic heterocycles. The fraction of sp³-hybridized carbons (Fsp3) is 0.425. The van der Waals surface area contributed by atoms with Crippen LogP contribution in [-0.2, 0) is 4.74 Å². The number of halogens is 2. The molecule has 268 valence electrons. The Morgan fingerprint density at radius 2 is 1.90 bits per heavy atom. The molecule has 4 saturated heterocycles. The van der Waals surface area contributed by atoms with Gasteiger partial charge in [0.2, 0.25) is 5.88 Å². The lowest BCUT2D eigenvalue weighted by Gasteiger charge is -2.42. The van der Waals surface area contributed by atoms with Crippen molar-refractivity contribution in [1.82, 2.24) is 25.2 Å². The van der Waals surface area contributed by atoms with Crippen LogP contribution in [0.3, 0.4) is 0 Å². The summed E-state index contributed by atoms with van der Waals surface area (Å²) in [6.45, 7) is 10.8. The molecule has 2 aromatic carbocycles. The van der Waals surface area contributed by atoms with Crippen LogP contribution in [0.2, 0.25) is 0 Å². The van der Waals surface area contributed by atoms with Crippen LogP contribution in [0.1, 0.15) is 48.2 Å². The first-order valence-corrected chi connectivity index (χ1v) is 17.6. The molecule has 10 nitrogen and oxygen atoms in total. The predicted octanol–water partition coefficient (Wildman–Crippen LogP) is 5.65. The van der Waals surface area contributed by atoms with Crippen LogP contribution < -0.4 is 19.7 Å². The molecule has 1 aliphatic carbocycles. The van der Waals surface area contributed by atoms with Crippen LogP contribution in [0.25, 0.3) is 32.9 Å². The fourth-order valence-corrected chi connectivity index (χ4v) is 8.85. The molecule has 5 aliphatic rings. The molecular weight excluding hydrogens is 666 g/mol. The zero-order chi connectivity index (χ0) is 38.4. The van der Waals surface area contributed by atoms with Crippen molar-refractivity contribution in [1.29, 1.82) is 0 Å². The smallest absolute Gasteiger partial charge is 0.319 e. The van der Waals surface area contributed by atoms with Gasteiger partial charge in [0.15, 0.2) is 5.82 Å². The summed E-state index contributed by atoms with van der Waals surface area (Å²) in [6.07, 6.45) is 9.95. The SMILES string of the molecule is [2H]C([2H])([2H])OCC12CCC(CN(c3nc(OCC45CC(=C)CN4CC(=C)C5)nc4c(F)c(-c5cc(O)cc6ccc(F)c(C#C)c56)nc(OC5CC5)c34)C1)N2. The number of methoxy groups -OCH3 is 1. The van der Waals surface area contributed by atoms with Crippen molar-refractivity contribution in [3.8, 4) is 41.2 Å². The number of aromatic nitrogens is 3. The number of phenols is 1. The first-order valence-electron chi connectivity index (χ1n) is 19.1. The number of ether oxygens (including phenoxy) is 3. The van der Waals surface area contributed by atoms with Gasteiger partial charge in [-0.05, 0) is 62.1 Å². The summed E-state index contributed by atoms with van der Waals surface area (Å²) >= 11 is 0. The molecule has 2 bridgehead atoms. The molecule has 52 heavy (non-hydrogen) atoms. The van der Waals surface area contributed by atoms with Gasteiger partial charge in [0.05, 0.1) is 27.4 Å². The summed E-state index contributed by atoms with van der Waals surface area (Å²) in [4.78, 5) is 18.7. The molecule has 4 aromatic rings. The van der Waals surface area contributed by atoms with Gasteiger partial charge in [-0.2, -0.15) is 9.97 Å². The second-order valence-corrected chi connectivity index (χ2v) is 15.2. The molecule has 1 saturated carbocycles. The lowest BCUT2D eigenvalue weighted by Crippen LogP contribution is -2.62. The number of nitrogens with one attached hydrogen (secondary N) is 1. The van der Waals surface area contributed by atoms with Crippen LogP contribution in [0.15, 0.2) is 48.6 Å². The molecule has 9 rings (SSSR count). The van der Waals surface area contributed by atoms with Crippen LogP contribution in [-0.4, -0.2) is 94.6 Å².